The SMILES string of the molecule is CC(C)(CN)CCc1ccc(F)c(Br)c1. The molecule has 0 aliphatic heterocycles. The van der Waals surface area contributed by atoms with Gasteiger partial charge in [0.2, 0.25) is 0 Å². The smallest absolute Gasteiger partial charge is 0.137 e. The van der Waals surface area contributed by atoms with E-state index in [-0.39, 0.29) is 11.2 Å². The molecule has 0 radical (unpaired) electrons. The lowest BCUT2D eigenvalue weighted by atomic mass is 9.86. The highest BCUT2D eigenvalue weighted by molar-refractivity contribution is 9.10. The third-order valence-electron chi connectivity index (χ3n) is 2.63. The van der Waals surface area contributed by atoms with Crippen LogP contribution in [0, 0.1) is 11.2 Å². The fourth-order valence-corrected chi connectivity index (χ4v) is 1.71. The van der Waals surface area contributed by atoms with Gasteiger partial charge in [-0.05, 0) is 58.4 Å². The van der Waals surface area contributed by atoms with Gasteiger partial charge >= 0.3 is 0 Å². The van der Waals surface area contributed by atoms with Gasteiger partial charge in [0.1, 0.15) is 5.82 Å². The minimum absolute atomic E-state index is 0.154. The van der Waals surface area contributed by atoms with Gasteiger partial charge in [-0.25, -0.2) is 4.39 Å². The van der Waals surface area contributed by atoms with Gasteiger partial charge in [0, 0.05) is 0 Å². The molecule has 1 nitrogen and oxygen atoms in total. The third kappa shape index (κ3) is 3.92. The van der Waals surface area contributed by atoms with Crippen molar-refractivity contribution < 1.29 is 4.39 Å². The van der Waals surface area contributed by atoms with Crippen LogP contribution in [0.1, 0.15) is 25.8 Å². The summed E-state index contributed by atoms with van der Waals surface area (Å²) >= 11 is 3.18. The first-order valence-corrected chi connectivity index (χ1v) is 5.88. The summed E-state index contributed by atoms with van der Waals surface area (Å²) in [5.41, 5.74) is 6.95. The second-order valence-corrected chi connectivity index (χ2v) is 5.47. The van der Waals surface area contributed by atoms with E-state index in [2.05, 4.69) is 29.8 Å². The van der Waals surface area contributed by atoms with Gasteiger partial charge in [-0.3, -0.25) is 0 Å². The zero-order valence-electron chi connectivity index (χ0n) is 9.19. The molecule has 0 atom stereocenters. The molecular formula is C12H17BrFN. The summed E-state index contributed by atoms with van der Waals surface area (Å²) in [6.07, 6.45) is 1.95. The molecule has 0 bridgehead atoms. The number of halogens is 2. The van der Waals surface area contributed by atoms with Crippen molar-refractivity contribution in [1.82, 2.24) is 0 Å². The molecule has 15 heavy (non-hydrogen) atoms. The van der Waals surface area contributed by atoms with Crippen LogP contribution in [0.5, 0.6) is 0 Å². The lowest BCUT2D eigenvalue weighted by Gasteiger charge is -2.22. The summed E-state index contributed by atoms with van der Waals surface area (Å²) in [4.78, 5) is 0. The van der Waals surface area contributed by atoms with Crippen molar-refractivity contribution in [3.05, 3.63) is 34.1 Å². The highest BCUT2D eigenvalue weighted by atomic mass is 79.9. The second-order valence-electron chi connectivity index (χ2n) is 4.62. The topological polar surface area (TPSA) is 26.0 Å². The van der Waals surface area contributed by atoms with Crippen molar-refractivity contribution in [2.24, 2.45) is 11.1 Å². The molecule has 0 aromatic heterocycles. The molecule has 0 aliphatic rings. The summed E-state index contributed by atoms with van der Waals surface area (Å²) in [6.45, 7) is 4.96. The predicted octanol–water partition coefficient (Wildman–Crippen LogP) is 3.51. The Morgan fingerprint density at radius 2 is 2.07 bits per heavy atom. The maximum atomic E-state index is 13.0. The van der Waals surface area contributed by atoms with Crippen molar-refractivity contribution in [2.45, 2.75) is 26.7 Å². The van der Waals surface area contributed by atoms with E-state index in [1.54, 1.807) is 0 Å². The zero-order valence-corrected chi connectivity index (χ0v) is 10.8. The number of rotatable bonds is 4. The molecule has 1 aromatic rings. The summed E-state index contributed by atoms with van der Waals surface area (Å²) in [6, 6.07) is 5.16. The van der Waals surface area contributed by atoms with E-state index in [1.807, 2.05) is 12.1 Å². The monoisotopic (exact) mass is 273 g/mol. The molecule has 2 N–H and O–H groups in total. The standard InChI is InChI=1S/C12H17BrFN/c1-12(2,8-15)6-5-9-3-4-11(14)10(13)7-9/h3-4,7H,5-6,8,15H2,1-2H3. The van der Waals surface area contributed by atoms with Crippen LogP contribution in [0.25, 0.3) is 0 Å². The summed E-state index contributed by atoms with van der Waals surface area (Å²) in [5, 5.41) is 0. The molecule has 1 aromatic carbocycles. The third-order valence-corrected chi connectivity index (χ3v) is 3.23. The largest absolute Gasteiger partial charge is 0.330 e. The number of hydrogen-bond acceptors (Lipinski definition) is 1. The minimum atomic E-state index is -0.211. The Kier molecular flexibility index (Phi) is 4.29. The molecule has 84 valence electrons. The Morgan fingerprint density at radius 3 is 2.60 bits per heavy atom. The van der Waals surface area contributed by atoms with Crippen LogP contribution >= 0.6 is 15.9 Å². The molecule has 0 saturated heterocycles. The molecule has 0 saturated carbocycles. The number of nitrogens with two attached hydrogens (primary N) is 1. The highest BCUT2D eigenvalue weighted by Gasteiger charge is 2.15. The summed E-state index contributed by atoms with van der Waals surface area (Å²) in [7, 11) is 0. The average Bonchev–Trinajstić information content (AvgIpc) is 2.20. The molecule has 0 fully saturated rings. The van der Waals surface area contributed by atoms with E-state index in [1.165, 1.54) is 6.07 Å². The van der Waals surface area contributed by atoms with Crippen LogP contribution < -0.4 is 5.73 Å². The van der Waals surface area contributed by atoms with Gasteiger partial charge in [0.25, 0.3) is 0 Å². The maximum absolute atomic E-state index is 13.0. The minimum Gasteiger partial charge on any atom is -0.330 e. The van der Waals surface area contributed by atoms with Crippen LogP contribution in [-0.2, 0) is 6.42 Å². The molecule has 3 heteroatoms. The lowest BCUT2D eigenvalue weighted by Crippen LogP contribution is -2.24. The molecule has 0 heterocycles. The maximum Gasteiger partial charge on any atom is 0.137 e. The first kappa shape index (κ1) is 12.7. The van der Waals surface area contributed by atoms with E-state index in [4.69, 9.17) is 5.73 Å². The number of aryl methyl sites for hydroxylation is 1. The van der Waals surface area contributed by atoms with Crippen LogP contribution in [0.15, 0.2) is 22.7 Å². The first-order valence-electron chi connectivity index (χ1n) is 5.08. The highest BCUT2D eigenvalue weighted by Crippen LogP contribution is 2.23. The predicted molar refractivity (Wildman–Crippen MR) is 65.3 cm³/mol. The van der Waals surface area contributed by atoms with Crippen molar-refractivity contribution in [1.29, 1.82) is 0 Å². The normalized spacial score (nSPS) is 11.8. The Bertz CT molecular complexity index is 336. The molecule has 0 spiro atoms. The number of benzene rings is 1. The summed E-state index contributed by atoms with van der Waals surface area (Å²) < 4.78 is 13.5. The van der Waals surface area contributed by atoms with Crippen molar-refractivity contribution >= 4 is 15.9 Å². The van der Waals surface area contributed by atoms with Crippen LogP contribution in [0.3, 0.4) is 0 Å². The molecule has 0 amide bonds. The number of hydrogen-bond donors (Lipinski definition) is 1. The van der Waals surface area contributed by atoms with E-state index in [0.717, 1.165) is 18.4 Å². The van der Waals surface area contributed by atoms with Crippen molar-refractivity contribution in [3.8, 4) is 0 Å². The first-order chi connectivity index (χ1) is 6.94. The molecule has 1 rings (SSSR count). The molecule has 0 aliphatic carbocycles. The van der Waals surface area contributed by atoms with Gasteiger partial charge in [-0.2, -0.15) is 0 Å². The zero-order chi connectivity index (χ0) is 11.5. The lowest BCUT2D eigenvalue weighted by molar-refractivity contribution is 0.348. The fourth-order valence-electron chi connectivity index (χ4n) is 1.28. The Morgan fingerprint density at radius 1 is 1.40 bits per heavy atom. The second kappa shape index (κ2) is 5.08. The average molecular weight is 274 g/mol. The van der Waals surface area contributed by atoms with Gasteiger partial charge < -0.3 is 5.73 Å². The summed E-state index contributed by atoms with van der Waals surface area (Å²) in [5.74, 6) is -0.211. The fraction of sp³-hybridized carbons (Fsp3) is 0.500. The van der Waals surface area contributed by atoms with Crippen LogP contribution in [0.2, 0.25) is 0 Å². The molecule has 0 unspecified atom stereocenters. The van der Waals surface area contributed by atoms with E-state index < -0.39 is 0 Å². The molecular weight excluding hydrogens is 257 g/mol. The van der Waals surface area contributed by atoms with E-state index in [0.29, 0.717) is 11.0 Å². The van der Waals surface area contributed by atoms with Crippen molar-refractivity contribution in [3.63, 3.8) is 0 Å². The van der Waals surface area contributed by atoms with Crippen LogP contribution in [0.4, 0.5) is 4.39 Å². The Hall–Kier alpha value is -0.410. The van der Waals surface area contributed by atoms with E-state index in [9.17, 15) is 4.39 Å². The van der Waals surface area contributed by atoms with Gasteiger partial charge in [0.15, 0.2) is 0 Å². The van der Waals surface area contributed by atoms with E-state index >= 15 is 0 Å². The van der Waals surface area contributed by atoms with Crippen molar-refractivity contribution in [2.75, 3.05) is 6.54 Å². The Labute approximate surface area is 99.0 Å². The van der Waals surface area contributed by atoms with Gasteiger partial charge in [-0.1, -0.05) is 19.9 Å². The van der Waals surface area contributed by atoms with Gasteiger partial charge in [-0.15, -0.1) is 0 Å². The van der Waals surface area contributed by atoms with Crippen LogP contribution in [-0.4, -0.2) is 6.54 Å². The quantitative estimate of drug-likeness (QED) is 0.893. The van der Waals surface area contributed by atoms with Gasteiger partial charge in [0.05, 0.1) is 4.47 Å². The Balaban J connectivity index is 2.62.